The van der Waals surface area contributed by atoms with Crippen molar-refractivity contribution in [3.05, 3.63) is 61.5 Å². The molecule has 3 aromatic rings. The van der Waals surface area contributed by atoms with Crippen molar-refractivity contribution in [1.82, 2.24) is 9.55 Å². The van der Waals surface area contributed by atoms with E-state index in [0.717, 1.165) is 32.0 Å². The van der Waals surface area contributed by atoms with Crippen LogP contribution in [0.15, 0.2) is 29.1 Å². The molecule has 0 spiro atoms. The zero-order chi connectivity index (χ0) is 17.3. The highest BCUT2D eigenvalue weighted by Crippen LogP contribution is 2.26. The van der Waals surface area contributed by atoms with E-state index in [-0.39, 0.29) is 5.56 Å². The fraction of sp³-hybridized carbons (Fsp3) is 0.333. The maximum Gasteiger partial charge on any atom is 0.262 e. The van der Waals surface area contributed by atoms with E-state index in [9.17, 15) is 4.79 Å². The summed E-state index contributed by atoms with van der Waals surface area (Å²) in [6.45, 7) is 4.96. The maximum atomic E-state index is 13.0. The van der Waals surface area contributed by atoms with Gasteiger partial charge in [0.2, 0.25) is 0 Å². The van der Waals surface area contributed by atoms with Gasteiger partial charge < -0.3 is 4.74 Å². The second-order valence-electron chi connectivity index (χ2n) is 5.75. The molecular formula is C18H19ClN2O2S. The lowest BCUT2D eigenvalue weighted by Crippen LogP contribution is -2.27. The molecule has 0 unspecified atom stereocenters. The van der Waals surface area contributed by atoms with Crippen molar-refractivity contribution in [3.8, 4) is 0 Å². The molecule has 6 heteroatoms. The van der Waals surface area contributed by atoms with Gasteiger partial charge in [-0.2, -0.15) is 0 Å². The van der Waals surface area contributed by atoms with Crippen molar-refractivity contribution < 1.29 is 4.74 Å². The summed E-state index contributed by atoms with van der Waals surface area (Å²) in [7, 11) is 1.63. The van der Waals surface area contributed by atoms with E-state index in [4.69, 9.17) is 21.3 Å². The highest BCUT2D eigenvalue weighted by atomic mass is 35.5. The number of methoxy groups -OCH3 is 1. The Hall–Kier alpha value is -1.69. The molecule has 4 nitrogen and oxygen atoms in total. The van der Waals surface area contributed by atoms with Crippen molar-refractivity contribution in [2.24, 2.45) is 0 Å². The summed E-state index contributed by atoms with van der Waals surface area (Å²) in [5.74, 6) is 0.744. The van der Waals surface area contributed by atoms with E-state index in [1.54, 1.807) is 23.0 Å². The zero-order valence-electron chi connectivity index (χ0n) is 13.9. The predicted molar refractivity (Wildman–Crippen MR) is 99.5 cm³/mol. The number of hydrogen-bond donors (Lipinski definition) is 0. The number of aryl methyl sites for hydroxylation is 2. The quantitative estimate of drug-likeness (QED) is 0.690. The van der Waals surface area contributed by atoms with Gasteiger partial charge in [-0.15, -0.1) is 11.3 Å². The number of aromatic nitrogens is 2. The third-order valence-corrected chi connectivity index (χ3v) is 5.47. The van der Waals surface area contributed by atoms with Crippen LogP contribution in [-0.2, 0) is 17.7 Å². The molecule has 3 rings (SSSR count). The monoisotopic (exact) mass is 362 g/mol. The summed E-state index contributed by atoms with van der Waals surface area (Å²) in [6, 6.07) is 7.65. The van der Waals surface area contributed by atoms with Gasteiger partial charge in [0, 0.05) is 23.4 Å². The van der Waals surface area contributed by atoms with E-state index >= 15 is 0 Å². The van der Waals surface area contributed by atoms with E-state index in [1.165, 1.54) is 0 Å². The number of ether oxygens (including phenoxy) is 1. The highest BCUT2D eigenvalue weighted by molar-refractivity contribution is 7.18. The SMILES string of the molecule is COCCn1c(Cc2cccc(Cl)c2)nc2sc(C)c(C)c2c1=O. The minimum atomic E-state index is 0.0101. The maximum absolute atomic E-state index is 13.0. The predicted octanol–water partition coefficient (Wildman–Crippen LogP) is 3.97. The Bertz CT molecular complexity index is 946. The fourth-order valence-corrected chi connectivity index (χ4v) is 4.00. The Labute approximate surface area is 149 Å². The van der Waals surface area contributed by atoms with Gasteiger partial charge in [-0.3, -0.25) is 9.36 Å². The first kappa shape index (κ1) is 17.1. The average Bonchev–Trinajstić information content (AvgIpc) is 2.82. The Morgan fingerprint density at radius 2 is 2.12 bits per heavy atom. The molecule has 0 amide bonds. The Kier molecular flexibility index (Phi) is 5.04. The van der Waals surface area contributed by atoms with Crippen LogP contribution in [0.4, 0.5) is 0 Å². The van der Waals surface area contributed by atoms with Crippen LogP contribution in [0.2, 0.25) is 5.02 Å². The Morgan fingerprint density at radius 3 is 2.83 bits per heavy atom. The second-order valence-corrected chi connectivity index (χ2v) is 7.39. The van der Waals surface area contributed by atoms with Gasteiger partial charge in [-0.1, -0.05) is 23.7 Å². The van der Waals surface area contributed by atoms with Crippen LogP contribution in [0.5, 0.6) is 0 Å². The van der Waals surface area contributed by atoms with Gasteiger partial charge in [0.25, 0.3) is 5.56 Å². The molecular weight excluding hydrogens is 344 g/mol. The molecule has 24 heavy (non-hydrogen) atoms. The van der Waals surface area contributed by atoms with Crippen LogP contribution in [0.25, 0.3) is 10.2 Å². The second kappa shape index (κ2) is 7.05. The van der Waals surface area contributed by atoms with E-state index in [0.29, 0.717) is 24.6 Å². The van der Waals surface area contributed by atoms with Crippen molar-refractivity contribution in [2.75, 3.05) is 13.7 Å². The zero-order valence-corrected chi connectivity index (χ0v) is 15.5. The Morgan fingerprint density at radius 1 is 1.33 bits per heavy atom. The summed E-state index contributed by atoms with van der Waals surface area (Å²) in [4.78, 5) is 19.7. The molecule has 126 valence electrons. The van der Waals surface area contributed by atoms with Crippen LogP contribution in [0, 0.1) is 13.8 Å². The smallest absolute Gasteiger partial charge is 0.262 e. The lowest BCUT2D eigenvalue weighted by atomic mass is 10.1. The third-order valence-electron chi connectivity index (χ3n) is 4.14. The minimum absolute atomic E-state index is 0.0101. The lowest BCUT2D eigenvalue weighted by Gasteiger charge is -2.12. The number of nitrogens with zero attached hydrogens (tertiary/aromatic N) is 2. The molecule has 0 bridgehead atoms. The number of hydrogen-bond acceptors (Lipinski definition) is 4. The molecule has 0 aliphatic heterocycles. The summed E-state index contributed by atoms with van der Waals surface area (Å²) >= 11 is 7.65. The van der Waals surface area contributed by atoms with E-state index in [2.05, 4.69) is 0 Å². The highest BCUT2D eigenvalue weighted by Gasteiger charge is 2.16. The van der Waals surface area contributed by atoms with Crippen LogP contribution in [0.3, 0.4) is 0 Å². The molecule has 2 aromatic heterocycles. The van der Waals surface area contributed by atoms with Gasteiger partial charge in [0.1, 0.15) is 10.7 Å². The number of thiophene rings is 1. The summed E-state index contributed by atoms with van der Waals surface area (Å²) in [5.41, 5.74) is 2.06. The van der Waals surface area contributed by atoms with E-state index in [1.807, 2.05) is 38.1 Å². The molecule has 0 fully saturated rings. The van der Waals surface area contributed by atoms with Crippen molar-refractivity contribution in [2.45, 2.75) is 26.8 Å². The summed E-state index contributed by atoms with van der Waals surface area (Å²) in [5, 5.41) is 1.41. The molecule has 0 aliphatic carbocycles. The van der Waals surface area contributed by atoms with Gasteiger partial charge >= 0.3 is 0 Å². The van der Waals surface area contributed by atoms with Crippen LogP contribution < -0.4 is 5.56 Å². The van der Waals surface area contributed by atoms with Gasteiger partial charge in [-0.05, 0) is 37.1 Å². The van der Waals surface area contributed by atoms with Crippen LogP contribution in [-0.4, -0.2) is 23.3 Å². The van der Waals surface area contributed by atoms with Crippen LogP contribution in [0.1, 0.15) is 21.8 Å². The first-order valence-electron chi connectivity index (χ1n) is 7.74. The fourth-order valence-electron chi connectivity index (χ4n) is 2.75. The first-order valence-corrected chi connectivity index (χ1v) is 8.93. The minimum Gasteiger partial charge on any atom is -0.383 e. The van der Waals surface area contributed by atoms with Crippen molar-refractivity contribution in [3.63, 3.8) is 0 Å². The standard InChI is InChI=1S/C18H19ClN2O2S/c1-11-12(2)24-17-16(11)18(22)21(7-8-23-3)15(20-17)10-13-5-4-6-14(19)9-13/h4-6,9H,7-8,10H2,1-3H3. The van der Waals surface area contributed by atoms with Gasteiger partial charge in [-0.25, -0.2) is 4.98 Å². The number of benzene rings is 1. The van der Waals surface area contributed by atoms with Crippen molar-refractivity contribution >= 4 is 33.2 Å². The normalized spacial score (nSPS) is 11.3. The number of fused-ring (bicyclic) bond motifs is 1. The van der Waals surface area contributed by atoms with Crippen LogP contribution >= 0.6 is 22.9 Å². The molecule has 0 saturated heterocycles. The van der Waals surface area contributed by atoms with Gasteiger partial charge in [0.05, 0.1) is 18.5 Å². The first-order chi connectivity index (χ1) is 11.5. The molecule has 0 aliphatic rings. The number of halogens is 1. The average molecular weight is 363 g/mol. The summed E-state index contributed by atoms with van der Waals surface area (Å²) in [6.07, 6.45) is 0.561. The van der Waals surface area contributed by atoms with Crippen molar-refractivity contribution in [1.29, 1.82) is 0 Å². The topological polar surface area (TPSA) is 44.1 Å². The molecule has 0 saturated carbocycles. The number of rotatable bonds is 5. The lowest BCUT2D eigenvalue weighted by molar-refractivity contribution is 0.185. The Balaban J connectivity index is 2.15. The molecule has 0 atom stereocenters. The molecule has 0 N–H and O–H groups in total. The largest absolute Gasteiger partial charge is 0.383 e. The molecule has 1 aromatic carbocycles. The molecule has 0 radical (unpaired) electrons. The summed E-state index contributed by atoms with van der Waals surface area (Å²) < 4.78 is 6.89. The van der Waals surface area contributed by atoms with Gasteiger partial charge in [0.15, 0.2) is 0 Å². The van der Waals surface area contributed by atoms with E-state index < -0.39 is 0 Å². The molecule has 2 heterocycles. The third kappa shape index (κ3) is 3.24.